The minimum absolute atomic E-state index is 0.0714. The lowest BCUT2D eigenvalue weighted by Gasteiger charge is -2.18. The molecule has 0 saturated heterocycles. The zero-order valence-electron chi connectivity index (χ0n) is 14.6. The Bertz CT molecular complexity index is 882. The Kier molecular flexibility index (Phi) is 5.07. The third-order valence-corrected chi connectivity index (χ3v) is 4.46. The molecule has 0 aromatic heterocycles. The lowest BCUT2D eigenvalue weighted by molar-refractivity contribution is 0.0980. The van der Waals surface area contributed by atoms with Crippen molar-refractivity contribution in [1.82, 2.24) is 0 Å². The van der Waals surface area contributed by atoms with Crippen molar-refractivity contribution in [3.63, 3.8) is 0 Å². The molecule has 0 fully saturated rings. The van der Waals surface area contributed by atoms with Crippen molar-refractivity contribution in [3.05, 3.63) is 64.9 Å². The lowest BCUT2D eigenvalue weighted by Crippen LogP contribution is -2.21. The molecule has 2 aromatic rings. The third-order valence-electron chi connectivity index (χ3n) is 4.46. The molecule has 0 saturated carbocycles. The number of ketones is 2. The van der Waals surface area contributed by atoms with Crippen LogP contribution in [0.1, 0.15) is 52.5 Å². The molecule has 5 heteroatoms. The van der Waals surface area contributed by atoms with E-state index in [0.29, 0.717) is 5.69 Å². The van der Waals surface area contributed by atoms with Crippen LogP contribution in [0.15, 0.2) is 48.2 Å². The molecule has 134 valence electrons. The maximum Gasteiger partial charge on any atom is 0.213 e. The normalized spacial score (nSPS) is 13.3. The highest BCUT2D eigenvalue weighted by atomic mass is 16.3. The number of hydrogen-bond donors (Lipinski definition) is 3. The molecule has 3 N–H and O–H groups in total. The van der Waals surface area contributed by atoms with Gasteiger partial charge in [-0.1, -0.05) is 31.9 Å². The number of rotatable bonds is 6. The van der Waals surface area contributed by atoms with Gasteiger partial charge < -0.3 is 15.5 Å². The Balaban J connectivity index is 1.80. The van der Waals surface area contributed by atoms with Crippen LogP contribution in [0.3, 0.4) is 0 Å². The number of carbonyl (C=O) groups excluding carboxylic acids is 2. The van der Waals surface area contributed by atoms with E-state index in [1.54, 1.807) is 0 Å². The van der Waals surface area contributed by atoms with Crippen molar-refractivity contribution >= 4 is 17.3 Å². The molecule has 0 unspecified atom stereocenters. The first kappa shape index (κ1) is 17.7. The maximum atomic E-state index is 12.6. The van der Waals surface area contributed by atoms with Crippen molar-refractivity contribution in [3.8, 4) is 11.5 Å². The van der Waals surface area contributed by atoms with Crippen LogP contribution < -0.4 is 5.32 Å². The molecule has 1 aliphatic rings. The van der Waals surface area contributed by atoms with Crippen LogP contribution >= 0.6 is 0 Å². The second kappa shape index (κ2) is 7.44. The standard InChI is InChI=1S/C21H21NO4/c1-2-3-4-5-13-6-8-14(9-7-13)22-15-12-18(25)19-16(23)10-11-17(24)20(19)21(15)26/h6-12,22-24H,2-5H2,1H3. The van der Waals surface area contributed by atoms with E-state index in [1.807, 2.05) is 24.3 Å². The topological polar surface area (TPSA) is 86.6 Å². The first-order valence-electron chi connectivity index (χ1n) is 8.73. The van der Waals surface area contributed by atoms with Gasteiger partial charge in [-0.25, -0.2) is 0 Å². The van der Waals surface area contributed by atoms with Gasteiger partial charge in [-0.05, 0) is 42.7 Å². The predicted molar refractivity (Wildman–Crippen MR) is 99.8 cm³/mol. The first-order chi connectivity index (χ1) is 12.5. The lowest BCUT2D eigenvalue weighted by atomic mass is 9.91. The van der Waals surface area contributed by atoms with Crippen molar-refractivity contribution in [2.24, 2.45) is 0 Å². The van der Waals surface area contributed by atoms with E-state index >= 15 is 0 Å². The smallest absolute Gasteiger partial charge is 0.213 e. The number of allylic oxidation sites excluding steroid dienone is 2. The van der Waals surface area contributed by atoms with E-state index in [0.717, 1.165) is 18.9 Å². The van der Waals surface area contributed by atoms with Gasteiger partial charge in [-0.2, -0.15) is 0 Å². The highest BCUT2D eigenvalue weighted by Gasteiger charge is 2.31. The van der Waals surface area contributed by atoms with E-state index in [2.05, 4.69) is 12.2 Å². The fourth-order valence-corrected chi connectivity index (χ4v) is 3.05. The summed E-state index contributed by atoms with van der Waals surface area (Å²) in [6.07, 6.45) is 5.67. The molecule has 26 heavy (non-hydrogen) atoms. The Morgan fingerprint density at radius 1 is 0.885 bits per heavy atom. The van der Waals surface area contributed by atoms with Crippen LogP contribution in [0, 0.1) is 0 Å². The summed E-state index contributed by atoms with van der Waals surface area (Å²) in [5.74, 6) is -1.69. The van der Waals surface area contributed by atoms with Gasteiger partial charge in [0.1, 0.15) is 11.5 Å². The number of anilines is 1. The summed E-state index contributed by atoms with van der Waals surface area (Å²) in [6.45, 7) is 2.17. The van der Waals surface area contributed by atoms with Crippen LogP contribution in [0.5, 0.6) is 11.5 Å². The van der Waals surface area contributed by atoms with Gasteiger partial charge in [-0.15, -0.1) is 0 Å². The van der Waals surface area contributed by atoms with Crippen LogP contribution in [0.25, 0.3) is 0 Å². The molecule has 0 heterocycles. The predicted octanol–water partition coefficient (Wildman–Crippen LogP) is 4.21. The van der Waals surface area contributed by atoms with Crippen LogP contribution in [0.2, 0.25) is 0 Å². The number of nitrogens with one attached hydrogen (secondary N) is 1. The molecule has 0 atom stereocenters. The average molecular weight is 351 g/mol. The number of aromatic hydroxyl groups is 2. The maximum absolute atomic E-state index is 12.6. The molecule has 0 spiro atoms. The number of phenols is 2. The molecule has 3 rings (SSSR count). The van der Waals surface area contributed by atoms with Crippen molar-refractivity contribution < 1.29 is 19.8 Å². The number of Topliss-reactive ketones (excluding diaryl/α,β-unsaturated/α-hetero) is 1. The summed E-state index contributed by atoms with van der Waals surface area (Å²) < 4.78 is 0. The summed E-state index contributed by atoms with van der Waals surface area (Å²) in [5, 5.41) is 22.7. The molecular weight excluding hydrogens is 330 g/mol. The van der Waals surface area contributed by atoms with Crippen LogP contribution in [0.4, 0.5) is 5.69 Å². The van der Waals surface area contributed by atoms with Gasteiger partial charge >= 0.3 is 0 Å². The summed E-state index contributed by atoms with van der Waals surface area (Å²) in [5.41, 5.74) is 1.64. The minimum atomic E-state index is -0.528. The summed E-state index contributed by atoms with van der Waals surface area (Å²) in [4.78, 5) is 24.9. The second-order valence-corrected chi connectivity index (χ2v) is 6.38. The van der Waals surface area contributed by atoms with Gasteiger partial charge in [0.15, 0.2) is 5.78 Å². The highest BCUT2D eigenvalue weighted by Crippen LogP contribution is 2.34. The molecule has 0 aliphatic heterocycles. The Morgan fingerprint density at radius 3 is 2.19 bits per heavy atom. The van der Waals surface area contributed by atoms with Crippen molar-refractivity contribution in [1.29, 1.82) is 0 Å². The number of fused-ring (bicyclic) bond motifs is 1. The third kappa shape index (κ3) is 3.47. The van der Waals surface area contributed by atoms with Gasteiger partial charge in [-0.3, -0.25) is 9.59 Å². The molecule has 2 aromatic carbocycles. The number of unbranched alkanes of at least 4 members (excludes halogenated alkanes) is 2. The molecule has 0 radical (unpaired) electrons. The van der Waals surface area contributed by atoms with Gasteiger partial charge in [0.25, 0.3) is 0 Å². The number of phenolic OH excluding ortho intramolecular Hbond substituents is 2. The van der Waals surface area contributed by atoms with E-state index in [9.17, 15) is 19.8 Å². The molecular formula is C21H21NO4. The van der Waals surface area contributed by atoms with Crippen molar-refractivity contribution in [2.75, 3.05) is 5.32 Å². The summed E-state index contributed by atoms with van der Waals surface area (Å²) >= 11 is 0. The van der Waals surface area contributed by atoms with E-state index in [4.69, 9.17) is 0 Å². The van der Waals surface area contributed by atoms with E-state index in [-0.39, 0.29) is 28.3 Å². The number of aryl methyl sites for hydroxylation is 1. The minimum Gasteiger partial charge on any atom is -0.507 e. The molecule has 1 aliphatic carbocycles. The number of benzene rings is 2. The van der Waals surface area contributed by atoms with E-state index < -0.39 is 11.6 Å². The second-order valence-electron chi connectivity index (χ2n) is 6.38. The van der Waals surface area contributed by atoms with Crippen LogP contribution in [-0.4, -0.2) is 21.8 Å². The van der Waals surface area contributed by atoms with Gasteiger partial charge in [0.05, 0.1) is 16.8 Å². The SMILES string of the molecule is CCCCCc1ccc(NC2=CC(=O)c3c(O)ccc(O)c3C2=O)cc1. The van der Waals surface area contributed by atoms with Gasteiger partial charge in [0, 0.05) is 11.8 Å². The largest absolute Gasteiger partial charge is 0.507 e. The zero-order valence-corrected chi connectivity index (χ0v) is 14.6. The number of carbonyl (C=O) groups is 2. The van der Waals surface area contributed by atoms with E-state index in [1.165, 1.54) is 30.5 Å². The molecule has 0 amide bonds. The van der Waals surface area contributed by atoms with Crippen molar-refractivity contribution in [2.45, 2.75) is 32.6 Å². The highest BCUT2D eigenvalue weighted by molar-refractivity contribution is 6.27. The summed E-state index contributed by atoms with van der Waals surface area (Å²) in [7, 11) is 0. The Morgan fingerprint density at radius 2 is 1.54 bits per heavy atom. The number of hydrogen-bond acceptors (Lipinski definition) is 5. The first-order valence-corrected chi connectivity index (χ1v) is 8.73. The zero-order chi connectivity index (χ0) is 18.7. The fourth-order valence-electron chi connectivity index (χ4n) is 3.05. The molecule has 0 bridgehead atoms. The monoisotopic (exact) mass is 351 g/mol. The summed E-state index contributed by atoms with van der Waals surface area (Å²) in [6, 6.07) is 10.1. The molecule has 5 nitrogen and oxygen atoms in total. The Labute approximate surface area is 152 Å². The van der Waals surface area contributed by atoms with Gasteiger partial charge in [0.2, 0.25) is 5.78 Å². The fraction of sp³-hybridized carbons (Fsp3) is 0.238. The average Bonchev–Trinajstić information content (AvgIpc) is 2.63. The Hall–Kier alpha value is -3.08. The quantitative estimate of drug-likeness (QED) is 0.536. The van der Waals surface area contributed by atoms with Crippen LogP contribution in [-0.2, 0) is 6.42 Å².